The van der Waals surface area contributed by atoms with E-state index in [1.807, 2.05) is 30.3 Å². The van der Waals surface area contributed by atoms with Crippen molar-refractivity contribution in [2.75, 3.05) is 0 Å². The van der Waals surface area contributed by atoms with Gasteiger partial charge in [0.15, 0.2) is 4.32 Å². The molecule has 0 saturated carbocycles. The van der Waals surface area contributed by atoms with Crippen molar-refractivity contribution in [3.05, 3.63) is 77.1 Å². The maximum absolute atomic E-state index is 12.7. The van der Waals surface area contributed by atoms with Crippen LogP contribution >= 0.6 is 24.0 Å². The van der Waals surface area contributed by atoms with E-state index in [9.17, 15) is 9.59 Å². The summed E-state index contributed by atoms with van der Waals surface area (Å²) in [6.45, 7) is 0. The number of benzene rings is 1. The minimum absolute atomic E-state index is 0.261. The van der Waals surface area contributed by atoms with Crippen LogP contribution in [0.4, 0.5) is 0 Å². The molecule has 3 aromatic rings. The highest BCUT2D eigenvalue weighted by Gasteiger charge is 2.34. The number of nitrogens with zero attached hydrogens (tertiary/aromatic N) is 3. The first kappa shape index (κ1) is 17.3. The van der Waals surface area contributed by atoms with Crippen molar-refractivity contribution in [2.24, 2.45) is 0 Å². The van der Waals surface area contributed by atoms with Gasteiger partial charge in [-0.25, -0.2) is 0 Å². The van der Waals surface area contributed by atoms with Crippen molar-refractivity contribution < 1.29 is 9.59 Å². The van der Waals surface area contributed by atoms with Crippen LogP contribution in [-0.4, -0.2) is 31.1 Å². The molecule has 1 aromatic carbocycles. The van der Waals surface area contributed by atoms with Crippen molar-refractivity contribution in [1.29, 1.82) is 0 Å². The summed E-state index contributed by atoms with van der Waals surface area (Å²) in [5.74, 6) is -0.831. The van der Waals surface area contributed by atoms with Gasteiger partial charge in [0.25, 0.3) is 11.8 Å². The van der Waals surface area contributed by atoms with Gasteiger partial charge in [-0.2, -0.15) is 5.01 Å². The Balaban J connectivity index is 1.61. The average Bonchev–Trinajstić information content (AvgIpc) is 2.96. The average molecular weight is 392 g/mol. The van der Waals surface area contributed by atoms with Crippen LogP contribution in [0, 0.1) is 0 Å². The number of para-hydroxylation sites is 1. The second-order valence-corrected chi connectivity index (χ2v) is 7.30. The summed E-state index contributed by atoms with van der Waals surface area (Å²) in [5, 5.41) is 2.06. The molecule has 0 atom stereocenters. The van der Waals surface area contributed by atoms with Crippen LogP contribution in [0.25, 0.3) is 17.0 Å². The van der Waals surface area contributed by atoms with E-state index in [1.165, 1.54) is 6.20 Å². The summed E-state index contributed by atoms with van der Waals surface area (Å²) in [7, 11) is 0. The van der Waals surface area contributed by atoms with Crippen molar-refractivity contribution in [1.82, 2.24) is 20.4 Å². The molecule has 6 nitrogen and oxygen atoms in total. The van der Waals surface area contributed by atoms with Gasteiger partial charge in [-0.1, -0.05) is 36.0 Å². The second-order valence-electron chi connectivity index (χ2n) is 5.62. The van der Waals surface area contributed by atoms with Crippen LogP contribution in [0.2, 0.25) is 0 Å². The van der Waals surface area contributed by atoms with Crippen LogP contribution < -0.4 is 5.43 Å². The Morgan fingerprint density at radius 1 is 1.15 bits per heavy atom. The third-order valence-corrected chi connectivity index (χ3v) is 5.18. The molecule has 8 heteroatoms. The number of carbonyl (C=O) groups is 2. The number of hydrogen-bond acceptors (Lipinski definition) is 6. The van der Waals surface area contributed by atoms with Crippen LogP contribution in [0.5, 0.6) is 0 Å². The number of rotatable bonds is 3. The highest BCUT2D eigenvalue weighted by Crippen LogP contribution is 2.32. The summed E-state index contributed by atoms with van der Waals surface area (Å²) < 4.78 is 0.261. The molecule has 1 saturated heterocycles. The topological polar surface area (TPSA) is 75.2 Å². The third kappa shape index (κ3) is 3.44. The highest BCUT2D eigenvalue weighted by molar-refractivity contribution is 8.26. The standard InChI is InChI=1S/C19H12N4O2S2/c24-17(14-7-2-8-20-11-14)22-23-18(25)15(27-19(23)26)10-13-5-1-4-12-6-3-9-21-16(12)13/h1-11H,(H,22,24)/b15-10-. The molecule has 4 rings (SSSR count). The Kier molecular flexibility index (Phi) is 4.66. The van der Waals surface area contributed by atoms with E-state index >= 15 is 0 Å². The smallest absolute Gasteiger partial charge is 0.267 e. The number of thioether (sulfide) groups is 1. The van der Waals surface area contributed by atoms with E-state index in [1.54, 1.807) is 30.6 Å². The molecule has 2 amide bonds. The molecule has 0 radical (unpaired) electrons. The van der Waals surface area contributed by atoms with Crippen molar-refractivity contribution >= 4 is 57.1 Å². The van der Waals surface area contributed by atoms with Gasteiger partial charge in [-0.05, 0) is 36.5 Å². The van der Waals surface area contributed by atoms with Gasteiger partial charge in [0.1, 0.15) is 0 Å². The Labute approximate surface area is 164 Å². The second kappa shape index (κ2) is 7.26. The lowest BCUT2D eigenvalue weighted by Gasteiger charge is -2.15. The summed E-state index contributed by atoms with van der Waals surface area (Å²) in [6.07, 6.45) is 6.44. The number of hydrogen-bond donors (Lipinski definition) is 1. The monoisotopic (exact) mass is 392 g/mol. The molecule has 3 heterocycles. The zero-order valence-corrected chi connectivity index (χ0v) is 15.5. The van der Waals surface area contributed by atoms with Gasteiger partial charge in [0, 0.05) is 29.5 Å². The number of nitrogens with one attached hydrogen (secondary N) is 1. The molecular weight excluding hydrogens is 380 g/mol. The largest absolute Gasteiger partial charge is 0.285 e. The number of hydrazine groups is 1. The Morgan fingerprint density at radius 3 is 2.78 bits per heavy atom. The summed E-state index contributed by atoms with van der Waals surface area (Å²) in [4.78, 5) is 33.7. The van der Waals surface area contributed by atoms with Crippen LogP contribution in [0.3, 0.4) is 0 Å². The van der Waals surface area contributed by atoms with E-state index in [0.29, 0.717) is 10.5 Å². The molecule has 0 spiro atoms. The summed E-state index contributed by atoms with van der Waals surface area (Å²) in [6, 6.07) is 12.8. The highest BCUT2D eigenvalue weighted by atomic mass is 32.2. The SMILES string of the molecule is O=C(NN1C(=O)/C(=C/c2cccc3cccnc23)SC1=S)c1cccnc1. The zero-order chi connectivity index (χ0) is 18.8. The first-order chi connectivity index (χ1) is 13.1. The Hall–Kier alpha value is -3.10. The van der Waals surface area contributed by atoms with Gasteiger partial charge < -0.3 is 0 Å². The number of thiocarbonyl (C=S) groups is 1. The first-order valence-electron chi connectivity index (χ1n) is 7.96. The van der Waals surface area contributed by atoms with E-state index in [-0.39, 0.29) is 10.2 Å². The van der Waals surface area contributed by atoms with Crippen molar-refractivity contribution in [3.8, 4) is 0 Å². The molecule has 2 aromatic heterocycles. The molecule has 1 aliphatic heterocycles. The van der Waals surface area contributed by atoms with Gasteiger partial charge >= 0.3 is 0 Å². The van der Waals surface area contributed by atoms with Gasteiger partial charge in [0.05, 0.1) is 16.0 Å². The predicted octanol–water partition coefficient (Wildman–Crippen LogP) is 3.18. The summed E-state index contributed by atoms with van der Waals surface area (Å²) >= 11 is 6.39. The molecule has 1 aliphatic rings. The molecule has 1 N–H and O–H groups in total. The molecule has 1 fully saturated rings. The van der Waals surface area contributed by atoms with E-state index in [4.69, 9.17) is 12.2 Å². The maximum Gasteiger partial charge on any atom is 0.285 e. The molecule has 0 bridgehead atoms. The fraction of sp³-hybridized carbons (Fsp3) is 0. The zero-order valence-electron chi connectivity index (χ0n) is 13.8. The Bertz CT molecular complexity index is 1090. The van der Waals surface area contributed by atoms with Crippen LogP contribution in [0.15, 0.2) is 66.0 Å². The lowest BCUT2D eigenvalue weighted by atomic mass is 10.1. The predicted molar refractivity (Wildman–Crippen MR) is 108 cm³/mol. The third-order valence-electron chi connectivity index (χ3n) is 3.88. The number of carbonyl (C=O) groups excluding carboxylic acids is 2. The number of amides is 2. The van der Waals surface area contributed by atoms with Crippen molar-refractivity contribution in [3.63, 3.8) is 0 Å². The molecule has 0 aliphatic carbocycles. The number of pyridine rings is 2. The van der Waals surface area contributed by atoms with Crippen molar-refractivity contribution in [2.45, 2.75) is 0 Å². The van der Waals surface area contributed by atoms with E-state index < -0.39 is 5.91 Å². The molecule has 0 unspecified atom stereocenters. The minimum Gasteiger partial charge on any atom is -0.267 e. The normalized spacial score (nSPS) is 15.6. The summed E-state index contributed by atoms with van der Waals surface area (Å²) in [5.41, 5.74) is 4.48. The maximum atomic E-state index is 12.7. The fourth-order valence-corrected chi connectivity index (χ4v) is 3.78. The number of aromatic nitrogens is 2. The van der Waals surface area contributed by atoms with E-state index in [2.05, 4.69) is 15.4 Å². The van der Waals surface area contributed by atoms with Crippen LogP contribution in [-0.2, 0) is 4.79 Å². The van der Waals surface area contributed by atoms with Crippen LogP contribution in [0.1, 0.15) is 15.9 Å². The van der Waals surface area contributed by atoms with Gasteiger partial charge in [0.2, 0.25) is 0 Å². The van der Waals surface area contributed by atoms with E-state index in [0.717, 1.165) is 33.2 Å². The quantitative estimate of drug-likeness (QED) is 0.545. The minimum atomic E-state index is -0.451. The first-order valence-corrected chi connectivity index (χ1v) is 9.19. The fourth-order valence-electron chi connectivity index (χ4n) is 2.61. The Morgan fingerprint density at radius 2 is 1.96 bits per heavy atom. The van der Waals surface area contributed by atoms with Gasteiger partial charge in [-0.3, -0.25) is 25.0 Å². The molecule has 132 valence electrons. The lowest BCUT2D eigenvalue weighted by molar-refractivity contribution is -0.123. The lowest BCUT2D eigenvalue weighted by Crippen LogP contribution is -2.44. The number of fused-ring (bicyclic) bond motifs is 1. The molecular formula is C19H12N4O2S2. The molecule has 27 heavy (non-hydrogen) atoms. The van der Waals surface area contributed by atoms with Gasteiger partial charge in [-0.15, -0.1) is 0 Å².